The first-order valence-corrected chi connectivity index (χ1v) is 7.55. The van der Waals surface area contributed by atoms with Gasteiger partial charge in [-0.3, -0.25) is 0 Å². The summed E-state index contributed by atoms with van der Waals surface area (Å²) in [6, 6.07) is 4.38. The lowest BCUT2D eigenvalue weighted by Crippen LogP contribution is -2.17. The molecule has 1 atom stereocenters. The van der Waals surface area contributed by atoms with Crippen molar-refractivity contribution in [1.82, 2.24) is 20.3 Å². The van der Waals surface area contributed by atoms with Crippen LogP contribution in [-0.2, 0) is 6.54 Å². The molecule has 3 heterocycles. The van der Waals surface area contributed by atoms with Crippen molar-refractivity contribution in [3.05, 3.63) is 45.7 Å². The summed E-state index contributed by atoms with van der Waals surface area (Å²) in [5.41, 5.74) is 3.33. The van der Waals surface area contributed by atoms with Crippen molar-refractivity contribution < 1.29 is 0 Å². The van der Waals surface area contributed by atoms with Crippen LogP contribution in [-0.4, -0.2) is 15.0 Å². The van der Waals surface area contributed by atoms with E-state index >= 15 is 0 Å². The number of aryl methyl sites for hydroxylation is 2. The van der Waals surface area contributed by atoms with Gasteiger partial charge in [-0.15, -0.1) is 11.3 Å². The van der Waals surface area contributed by atoms with E-state index < -0.39 is 0 Å². The van der Waals surface area contributed by atoms with E-state index in [2.05, 4.69) is 47.1 Å². The average molecular weight is 286 g/mol. The van der Waals surface area contributed by atoms with E-state index in [0.717, 1.165) is 22.9 Å². The van der Waals surface area contributed by atoms with Crippen molar-refractivity contribution in [1.29, 1.82) is 0 Å². The van der Waals surface area contributed by atoms with Crippen LogP contribution in [0.2, 0.25) is 0 Å². The van der Waals surface area contributed by atoms with Crippen molar-refractivity contribution in [2.45, 2.75) is 33.4 Å². The molecule has 20 heavy (non-hydrogen) atoms. The van der Waals surface area contributed by atoms with Crippen LogP contribution in [0.3, 0.4) is 0 Å². The van der Waals surface area contributed by atoms with Crippen LogP contribution >= 0.6 is 11.3 Å². The van der Waals surface area contributed by atoms with Crippen LogP contribution in [0.1, 0.15) is 34.1 Å². The Morgan fingerprint density at radius 2 is 2.25 bits per heavy atom. The van der Waals surface area contributed by atoms with E-state index in [1.54, 1.807) is 11.3 Å². The molecule has 0 aliphatic heterocycles. The Balaban J connectivity index is 1.74. The zero-order valence-electron chi connectivity index (χ0n) is 11.9. The normalized spacial score (nSPS) is 12.9. The van der Waals surface area contributed by atoms with Gasteiger partial charge in [-0.05, 0) is 38.5 Å². The monoisotopic (exact) mass is 286 g/mol. The Bertz CT molecular complexity index is 728. The maximum absolute atomic E-state index is 4.49. The van der Waals surface area contributed by atoms with Gasteiger partial charge in [-0.2, -0.15) is 0 Å². The van der Waals surface area contributed by atoms with E-state index in [1.165, 1.54) is 15.8 Å². The molecule has 2 N–H and O–H groups in total. The Morgan fingerprint density at radius 3 is 3.00 bits per heavy atom. The van der Waals surface area contributed by atoms with E-state index in [0.29, 0.717) is 6.04 Å². The molecule has 0 saturated carbocycles. The van der Waals surface area contributed by atoms with Crippen LogP contribution < -0.4 is 5.32 Å². The number of aromatic amines is 1. The molecule has 0 aliphatic rings. The summed E-state index contributed by atoms with van der Waals surface area (Å²) in [4.78, 5) is 13.3. The quantitative estimate of drug-likeness (QED) is 0.772. The highest BCUT2D eigenvalue weighted by atomic mass is 32.1. The molecule has 5 heteroatoms. The molecule has 0 fully saturated rings. The van der Waals surface area contributed by atoms with Gasteiger partial charge in [0.25, 0.3) is 0 Å². The number of nitrogens with zero attached hydrogens (tertiary/aromatic N) is 2. The molecule has 0 bridgehead atoms. The minimum absolute atomic E-state index is 0.308. The minimum Gasteiger partial charge on any atom is -0.346 e. The van der Waals surface area contributed by atoms with Crippen molar-refractivity contribution in [3.63, 3.8) is 0 Å². The zero-order chi connectivity index (χ0) is 14.1. The smallest absolute Gasteiger partial charge is 0.137 e. The maximum atomic E-state index is 4.49. The van der Waals surface area contributed by atoms with Crippen molar-refractivity contribution in [3.8, 4) is 0 Å². The Kier molecular flexibility index (Phi) is 3.54. The van der Waals surface area contributed by atoms with Crippen molar-refractivity contribution >= 4 is 22.4 Å². The molecular formula is C15H18N4S. The molecule has 104 valence electrons. The predicted molar refractivity (Wildman–Crippen MR) is 82.9 cm³/mol. The fourth-order valence-corrected chi connectivity index (χ4v) is 3.42. The molecule has 1 unspecified atom stereocenters. The fourth-order valence-electron chi connectivity index (χ4n) is 2.46. The first-order chi connectivity index (χ1) is 9.65. The van der Waals surface area contributed by atoms with Gasteiger partial charge in [0.15, 0.2) is 0 Å². The number of rotatable bonds is 4. The summed E-state index contributed by atoms with van der Waals surface area (Å²) >= 11 is 1.77. The van der Waals surface area contributed by atoms with Crippen molar-refractivity contribution in [2.24, 2.45) is 0 Å². The van der Waals surface area contributed by atoms with Gasteiger partial charge in [0, 0.05) is 35.2 Å². The number of thiazole rings is 1. The molecule has 0 aromatic carbocycles. The highest BCUT2D eigenvalue weighted by Crippen LogP contribution is 2.25. The van der Waals surface area contributed by atoms with Gasteiger partial charge in [-0.1, -0.05) is 0 Å². The molecule has 3 rings (SSSR count). The summed E-state index contributed by atoms with van der Waals surface area (Å²) in [5, 5.41) is 5.88. The molecule has 0 amide bonds. The second-order valence-electron chi connectivity index (χ2n) is 5.00. The molecule has 0 radical (unpaired) electrons. The second kappa shape index (κ2) is 5.34. The Morgan fingerprint density at radius 1 is 1.40 bits per heavy atom. The molecule has 0 spiro atoms. The summed E-state index contributed by atoms with van der Waals surface area (Å²) in [5.74, 6) is 0. The topological polar surface area (TPSA) is 53.6 Å². The number of hydrogen-bond acceptors (Lipinski definition) is 4. The predicted octanol–water partition coefficient (Wildman–Crippen LogP) is 3.49. The first kappa shape index (κ1) is 13.3. The number of H-pyrrole nitrogens is 1. The number of hydrogen-bond donors (Lipinski definition) is 2. The highest BCUT2D eigenvalue weighted by Gasteiger charge is 2.13. The third-order valence-electron chi connectivity index (χ3n) is 3.47. The molecular weight excluding hydrogens is 268 g/mol. The lowest BCUT2D eigenvalue weighted by atomic mass is 10.2. The summed E-state index contributed by atoms with van der Waals surface area (Å²) in [6.45, 7) is 7.14. The first-order valence-electron chi connectivity index (χ1n) is 6.73. The van der Waals surface area contributed by atoms with Gasteiger partial charge in [-0.25, -0.2) is 9.97 Å². The van der Waals surface area contributed by atoms with Gasteiger partial charge >= 0.3 is 0 Å². The van der Waals surface area contributed by atoms with Gasteiger partial charge in [0.1, 0.15) is 5.65 Å². The Labute approximate surface area is 122 Å². The largest absolute Gasteiger partial charge is 0.346 e. The van der Waals surface area contributed by atoms with Crippen LogP contribution in [0.5, 0.6) is 0 Å². The highest BCUT2D eigenvalue weighted by molar-refractivity contribution is 7.11. The average Bonchev–Trinajstić information content (AvgIpc) is 2.99. The fraction of sp³-hybridized carbons (Fsp3) is 0.333. The van der Waals surface area contributed by atoms with E-state index in [4.69, 9.17) is 0 Å². The number of fused-ring (bicyclic) bond motifs is 1. The van der Waals surface area contributed by atoms with E-state index in [9.17, 15) is 0 Å². The lowest BCUT2D eigenvalue weighted by Gasteiger charge is -2.12. The third kappa shape index (κ3) is 2.46. The number of pyridine rings is 1. The summed E-state index contributed by atoms with van der Waals surface area (Å²) in [6.07, 6.45) is 3.84. The van der Waals surface area contributed by atoms with Gasteiger partial charge in [0.2, 0.25) is 0 Å². The van der Waals surface area contributed by atoms with Crippen LogP contribution in [0.15, 0.2) is 24.5 Å². The van der Waals surface area contributed by atoms with Crippen LogP contribution in [0.4, 0.5) is 0 Å². The Hall–Kier alpha value is -1.72. The second-order valence-corrected chi connectivity index (χ2v) is 6.23. The van der Waals surface area contributed by atoms with Gasteiger partial charge < -0.3 is 10.3 Å². The lowest BCUT2D eigenvalue weighted by molar-refractivity contribution is 0.581. The van der Waals surface area contributed by atoms with Gasteiger partial charge in [0.05, 0.1) is 10.7 Å². The number of nitrogens with one attached hydrogen (secondary N) is 2. The standard InChI is InChI=1S/C15H18N4S/c1-9(14-10(2)19-11(3)20-14)17-7-12-8-18-15-13(12)5-4-6-16-15/h4-6,8-9,17H,7H2,1-3H3,(H,16,18). The third-order valence-corrected chi connectivity index (χ3v) is 4.72. The van der Waals surface area contributed by atoms with E-state index in [1.807, 2.05) is 18.5 Å². The number of aromatic nitrogens is 3. The SMILES string of the molecule is Cc1nc(C)c(C(C)NCc2c[nH]c3ncccc23)s1. The van der Waals surface area contributed by atoms with E-state index in [-0.39, 0.29) is 0 Å². The molecule has 0 saturated heterocycles. The molecule has 3 aromatic rings. The molecule has 4 nitrogen and oxygen atoms in total. The summed E-state index contributed by atoms with van der Waals surface area (Å²) in [7, 11) is 0. The van der Waals surface area contributed by atoms with Crippen LogP contribution in [0, 0.1) is 13.8 Å². The maximum Gasteiger partial charge on any atom is 0.137 e. The van der Waals surface area contributed by atoms with Crippen LogP contribution in [0.25, 0.3) is 11.0 Å². The minimum atomic E-state index is 0.308. The van der Waals surface area contributed by atoms with Crippen molar-refractivity contribution in [2.75, 3.05) is 0 Å². The summed E-state index contributed by atoms with van der Waals surface area (Å²) < 4.78 is 0. The molecule has 0 aliphatic carbocycles. The zero-order valence-corrected chi connectivity index (χ0v) is 12.7. The molecule has 3 aromatic heterocycles.